The number of aromatic nitrogens is 1. The molecule has 1 aromatic heterocycles. The number of quaternary nitrogens is 1. The van der Waals surface area contributed by atoms with Crippen LogP contribution in [0.4, 0.5) is 5.82 Å². The highest BCUT2D eigenvalue weighted by Crippen LogP contribution is 2.39. The van der Waals surface area contributed by atoms with Gasteiger partial charge < -0.3 is 15.2 Å². The second-order valence-electron chi connectivity index (χ2n) is 5.39. The molecular formula is C17H17Cl2N4O2+. The Bertz CT molecular complexity index is 868. The van der Waals surface area contributed by atoms with Crippen LogP contribution in [0.3, 0.4) is 0 Å². The highest BCUT2D eigenvalue weighted by Gasteiger charge is 2.20. The summed E-state index contributed by atoms with van der Waals surface area (Å²) in [5.74, 6) is 1.26. The van der Waals surface area contributed by atoms with Gasteiger partial charge in [0.2, 0.25) is 0 Å². The fourth-order valence-corrected chi connectivity index (χ4v) is 3.25. The van der Waals surface area contributed by atoms with E-state index in [2.05, 4.69) is 10.1 Å². The quantitative estimate of drug-likeness (QED) is 0.781. The minimum Gasteiger partial charge on any atom is -0.495 e. The summed E-state index contributed by atoms with van der Waals surface area (Å²) < 4.78 is 11.2. The molecular weight excluding hydrogens is 363 g/mol. The summed E-state index contributed by atoms with van der Waals surface area (Å²) >= 11 is 12.7. The fourth-order valence-electron chi connectivity index (χ4n) is 2.50. The van der Waals surface area contributed by atoms with E-state index in [4.69, 9.17) is 38.4 Å². The van der Waals surface area contributed by atoms with Gasteiger partial charge in [0, 0.05) is 22.3 Å². The number of methoxy groups -OCH3 is 1. The van der Waals surface area contributed by atoms with Gasteiger partial charge in [0.25, 0.3) is 0 Å². The van der Waals surface area contributed by atoms with Crippen LogP contribution in [-0.2, 0) is 0 Å². The number of anilines is 1. The lowest BCUT2D eigenvalue weighted by Crippen LogP contribution is -2.69. The average Bonchev–Trinajstić information content (AvgIpc) is 3.11. The van der Waals surface area contributed by atoms with Crippen molar-refractivity contribution >= 4 is 40.8 Å². The number of nitrogen functional groups attached to an aromatic ring is 1. The summed E-state index contributed by atoms with van der Waals surface area (Å²) in [6, 6.07) is 5.24. The predicted octanol–water partition coefficient (Wildman–Crippen LogP) is 3.02. The van der Waals surface area contributed by atoms with E-state index in [9.17, 15) is 0 Å². The number of benzene rings is 1. The minimum absolute atomic E-state index is 0.283. The van der Waals surface area contributed by atoms with Crippen LogP contribution < -0.4 is 20.6 Å². The van der Waals surface area contributed by atoms with Gasteiger partial charge in [-0.15, -0.1) is 0 Å². The molecule has 0 aliphatic carbocycles. The Balaban J connectivity index is 1.92. The maximum Gasteiger partial charge on any atom is 0.166 e. The smallest absolute Gasteiger partial charge is 0.166 e. The Morgan fingerprint density at radius 3 is 2.72 bits per heavy atom. The number of halogens is 2. The second kappa shape index (κ2) is 7.31. The minimum atomic E-state index is -0.452. The van der Waals surface area contributed by atoms with Crippen LogP contribution in [0.2, 0.25) is 10.0 Å². The first-order valence-corrected chi connectivity index (χ1v) is 8.28. The molecule has 25 heavy (non-hydrogen) atoms. The molecule has 3 rings (SSSR count). The number of nitrogens with two attached hydrogens (primary N) is 2. The highest BCUT2D eigenvalue weighted by molar-refractivity contribution is 6.37. The van der Waals surface area contributed by atoms with Crippen LogP contribution in [0.15, 0.2) is 35.7 Å². The maximum atomic E-state index is 6.38. The molecule has 1 aliphatic heterocycles. The number of nitrogens with zero attached hydrogens (tertiary/aromatic N) is 2. The van der Waals surface area contributed by atoms with Gasteiger partial charge >= 0.3 is 0 Å². The number of allylic oxidation sites excluding steroid dienone is 1. The SMILES string of the molecule is COc1ccc(Cl)c(C(C)Oc2cc(C3=C[NH2+]N=C3)cnc2N)c1Cl. The van der Waals surface area contributed by atoms with Gasteiger partial charge in [-0.05, 0) is 25.1 Å². The van der Waals surface area contributed by atoms with Crippen molar-refractivity contribution in [3.63, 3.8) is 0 Å². The van der Waals surface area contributed by atoms with Crippen molar-refractivity contribution in [3.8, 4) is 11.5 Å². The van der Waals surface area contributed by atoms with Gasteiger partial charge in [-0.25, -0.2) is 4.98 Å². The third-order valence-corrected chi connectivity index (χ3v) is 4.51. The first kappa shape index (κ1) is 17.5. The van der Waals surface area contributed by atoms with Gasteiger partial charge in [-0.3, -0.25) is 0 Å². The van der Waals surface area contributed by atoms with Crippen molar-refractivity contribution in [2.75, 3.05) is 12.8 Å². The van der Waals surface area contributed by atoms with Gasteiger partial charge in [-0.1, -0.05) is 28.3 Å². The number of rotatable bonds is 5. The van der Waals surface area contributed by atoms with Crippen LogP contribution >= 0.6 is 23.2 Å². The predicted molar refractivity (Wildman–Crippen MR) is 99.1 cm³/mol. The van der Waals surface area contributed by atoms with Crippen molar-refractivity contribution in [2.24, 2.45) is 5.10 Å². The molecule has 0 saturated heterocycles. The van der Waals surface area contributed by atoms with Gasteiger partial charge in [0.15, 0.2) is 11.6 Å². The zero-order valence-corrected chi connectivity index (χ0v) is 15.2. The Hall–Kier alpha value is -2.28. The molecule has 6 nitrogen and oxygen atoms in total. The van der Waals surface area contributed by atoms with Crippen LogP contribution in [0, 0.1) is 0 Å². The Labute approximate surface area is 155 Å². The first-order valence-electron chi connectivity index (χ1n) is 7.52. The van der Waals surface area contributed by atoms with Crippen molar-refractivity contribution in [3.05, 3.63) is 51.8 Å². The van der Waals surface area contributed by atoms with E-state index in [-0.39, 0.29) is 5.82 Å². The number of pyridine rings is 1. The Morgan fingerprint density at radius 2 is 2.04 bits per heavy atom. The van der Waals surface area contributed by atoms with Crippen molar-refractivity contribution < 1.29 is 14.9 Å². The fraction of sp³-hybridized carbons (Fsp3) is 0.176. The van der Waals surface area contributed by atoms with Gasteiger partial charge in [0.05, 0.1) is 23.9 Å². The van der Waals surface area contributed by atoms with Gasteiger partial charge in [-0.2, -0.15) is 5.43 Å². The second-order valence-corrected chi connectivity index (χ2v) is 6.18. The maximum absolute atomic E-state index is 6.38. The summed E-state index contributed by atoms with van der Waals surface area (Å²) in [5.41, 5.74) is 10.1. The molecule has 0 amide bonds. The number of hydrogen-bond acceptors (Lipinski definition) is 5. The number of ether oxygens (including phenoxy) is 2. The molecule has 1 unspecified atom stereocenters. The molecule has 2 aromatic rings. The Morgan fingerprint density at radius 1 is 1.24 bits per heavy atom. The summed E-state index contributed by atoms with van der Waals surface area (Å²) in [6.07, 6.45) is 4.86. The van der Waals surface area contributed by atoms with E-state index >= 15 is 0 Å². The number of hydrogen-bond donors (Lipinski definition) is 2. The molecule has 0 bridgehead atoms. The first-order chi connectivity index (χ1) is 12.0. The standard InChI is InChI=1S/C17H16Cl2N4O2/c1-9(15-12(18)3-4-13(24-2)16(15)19)25-14-5-10(6-21-17(14)20)11-7-22-23-8-11/h3-9H,1-2H3,(H2,20,21)(H,22,23)/p+1. The van der Waals surface area contributed by atoms with Crippen LogP contribution in [0.1, 0.15) is 24.2 Å². The molecule has 1 atom stereocenters. The lowest BCUT2D eigenvalue weighted by atomic mass is 10.1. The van der Waals surface area contributed by atoms with E-state index in [1.165, 1.54) is 0 Å². The molecule has 130 valence electrons. The van der Waals surface area contributed by atoms with Gasteiger partial charge in [0.1, 0.15) is 18.1 Å². The zero-order chi connectivity index (χ0) is 18.0. The summed E-state index contributed by atoms with van der Waals surface area (Å²) in [6.45, 7) is 1.84. The summed E-state index contributed by atoms with van der Waals surface area (Å²) in [5, 5.41) is 4.95. The molecule has 2 heterocycles. The monoisotopic (exact) mass is 379 g/mol. The van der Waals surface area contributed by atoms with Crippen molar-refractivity contribution in [2.45, 2.75) is 13.0 Å². The average molecular weight is 380 g/mol. The lowest BCUT2D eigenvalue weighted by Gasteiger charge is -2.20. The molecule has 8 heteroatoms. The van der Waals surface area contributed by atoms with Crippen molar-refractivity contribution in [1.29, 1.82) is 0 Å². The summed E-state index contributed by atoms with van der Waals surface area (Å²) in [7, 11) is 1.55. The molecule has 4 N–H and O–H groups in total. The lowest BCUT2D eigenvalue weighted by molar-refractivity contribution is -0.589. The van der Waals surface area contributed by atoms with Crippen molar-refractivity contribution in [1.82, 2.24) is 4.98 Å². The van der Waals surface area contributed by atoms with Crippen LogP contribution in [0.25, 0.3) is 5.57 Å². The topological polar surface area (TPSA) is 86.3 Å². The van der Waals surface area contributed by atoms with E-state index in [0.717, 1.165) is 11.1 Å². The molecule has 1 aliphatic rings. The third kappa shape index (κ3) is 3.56. The van der Waals surface area contributed by atoms with E-state index in [1.807, 2.05) is 19.2 Å². The normalized spacial score (nSPS) is 14.3. The Kier molecular flexibility index (Phi) is 5.13. The highest BCUT2D eigenvalue weighted by atomic mass is 35.5. The van der Waals surface area contributed by atoms with E-state index < -0.39 is 6.10 Å². The molecule has 0 radical (unpaired) electrons. The zero-order valence-electron chi connectivity index (χ0n) is 13.7. The van der Waals surface area contributed by atoms with E-state index in [1.54, 1.807) is 37.1 Å². The summed E-state index contributed by atoms with van der Waals surface area (Å²) in [4.78, 5) is 4.19. The largest absolute Gasteiger partial charge is 0.495 e. The third-order valence-electron chi connectivity index (χ3n) is 3.79. The van der Waals surface area contributed by atoms with Crippen LogP contribution in [-0.4, -0.2) is 18.3 Å². The van der Waals surface area contributed by atoms with E-state index in [0.29, 0.717) is 27.1 Å². The molecule has 0 saturated carbocycles. The molecule has 1 aromatic carbocycles. The molecule has 0 spiro atoms. The molecule has 0 fully saturated rings. The van der Waals surface area contributed by atoms with Crippen LogP contribution in [0.5, 0.6) is 11.5 Å².